The van der Waals surface area contributed by atoms with Crippen LogP contribution in [0, 0.1) is 5.92 Å². The lowest BCUT2D eigenvalue weighted by molar-refractivity contribution is -0.309. The Morgan fingerprint density at radius 1 is 1.24 bits per heavy atom. The van der Waals surface area contributed by atoms with Gasteiger partial charge in [-0.1, -0.05) is 32.0 Å². The quantitative estimate of drug-likeness (QED) is 0.786. The average Bonchev–Trinajstić information content (AvgIpc) is 2.26. The van der Waals surface area contributed by atoms with Crippen molar-refractivity contribution in [3.63, 3.8) is 0 Å². The molecule has 0 aliphatic heterocycles. The number of benzene rings is 1. The third kappa shape index (κ3) is 3.54. The molecule has 6 heteroatoms. The number of nitrogens with one attached hydrogen (secondary N) is 1. The highest BCUT2D eigenvalue weighted by atomic mass is 32.2. The first kappa shape index (κ1) is 13.7. The van der Waals surface area contributed by atoms with Crippen molar-refractivity contribution in [3.8, 4) is 0 Å². The predicted octanol–water partition coefficient (Wildman–Crippen LogP) is -0.261. The van der Waals surface area contributed by atoms with Gasteiger partial charge >= 0.3 is 0 Å². The summed E-state index contributed by atoms with van der Waals surface area (Å²) >= 11 is 0. The van der Waals surface area contributed by atoms with Crippen LogP contribution in [-0.2, 0) is 14.8 Å². The molecule has 0 saturated heterocycles. The van der Waals surface area contributed by atoms with Crippen LogP contribution in [0.4, 0.5) is 0 Å². The minimum atomic E-state index is -3.82. The zero-order valence-corrected chi connectivity index (χ0v) is 10.4. The molecule has 1 atom stereocenters. The molecule has 1 aromatic rings. The molecule has 1 aromatic carbocycles. The van der Waals surface area contributed by atoms with Gasteiger partial charge in [0.1, 0.15) is 0 Å². The maximum atomic E-state index is 11.8. The molecule has 0 unspecified atom stereocenters. The number of carbonyl (C=O) groups excluding carboxylic acids is 1. The molecule has 0 heterocycles. The van der Waals surface area contributed by atoms with Crippen LogP contribution in [0.2, 0.25) is 0 Å². The molecule has 0 spiro atoms. The van der Waals surface area contributed by atoms with E-state index in [0.717, 1.165) is 0 Å². The molecule has 17 heavy (non-hydrogen) atoms. The zero-order chi connectivity index (χ0) is 13.1. The number of hydrogen-bond acceptors (Lipinski definition) is 4. The molecule has 1 rings (SSSR count). The summed E-state index contributed by atoms with van der Waals surface area (Å²) in [5, 5.41) is 10.8. The van der Waals surface area contributed by atoms with Crippen molar-refractivity contribution in [2.45, 2.75) is 24.8 Å². The molecule has 0 amide bonds. The monoisotopic (exact) mass is 256 g/mol. The van der Waals surface area contributed by atoms with Crippen LogP contribution in [-0.4, -0.2) is 20.4 Å². The van der Waals surface area contributed by atoms with Gasteiger partial charge in [0.2, 0.25) is 10.0 Å². The highest BCUT2D eigenvalue weighted by Crippen LogP contribution is 2.10. The molecule has 0 radical (unpaired) electrons. The number of carbonyl (C=O) groups is 1. The molecular weight excluding hydrogens is 242 g/mol. The Morgan fingerprint density at radius 3 is 2.18 bits per heavy atom. The lowest BCUT2D eigenvalue weighted by Gasteiger charge is -2.22. The van der Waals surface area contributed by atoms with Gasteiger partial charge in [-0.15, -0.1) is 0 Å². The van der Waals surface area contributed by atoms with E-state index in [2.05, 4.69) is 4.72 Å². The standard InChI is InChI=1S/C11H15NO4S/c1-8(2)10(11(13)14)12-17(15,16)9-6-4-3-5-7-9/h3-8,10,12H,1-2H3,(H,13,14)/p-1/t10-/m1/s1. The third-order valence-corrected chi connectivity index (χ3v) is 3.71. The summed E-state index contributed by atoms with van der Waals surface area (Å²) in [4.78, 5) is 10.8. The minimum Gasteiger partial charge on any atom is -0.548 e. The maximum Gasteiger partial charge on any atom is 0.241 e. The van der Waals surface area contributed by atoms with Gasteiger partial charge in [0.15, 0.2) is 0 Å². The zero-order valence-electron chi connectivity index (χ0n) is 9.58. The van der Waals surface area contributed by atoms with Crippen LogP contribution >= 0.6 is 0 Å². The molecule has 1 N–H and O–H groups in total. The Hall–Kier alpha value is -1.40. The summed E-state index contributed by atoms with van der Waals surface area (Å²) in [6.45, 7) is 3.21. The Morgan fingerprint density at radius 2 is 1.76 bits per heavy atom. The number of sulfonamides is 1. The number of rotatable bonds is 5. The van der Waals surface area contributed by atoms with Crippen molar-refractivity contribution in [2.75, 3.05) is 0 Å². The highest BCUT2D eigenvalue weighted by molar-refractivity contribution is 7.89. The van der Waals surface area contributed by atoms with Crippen molar-refractivity contribution in [1.82, 2.24) is 4.72 Å². The molecule has 5 nitrogen and oxygen atoms in total. The first-order valence-electron chi connectivity index (χ1n) is 5.13. The first-order valence-corrected chi connectivity index (χ1v) is 6.61. The van der Waals surface area contributed by atoms with Crippen molar-refractivity contribution in [3.05, 3.63) is 30.3 Å². The second-order valence-corrected chi connectivity index (χ2v) is 5.69. The highest BCUT2D eigenvalue weighted by Gasteiger charge is 2.22. The van der Waals surface area contributed by atoms with Crippen molar-refractivity contribution in [1.29, 1.82) is 0 Å². The van der Waals surface area contributed by atoms with Gasteiger partial charge in [-0.2, -0.15) is 0 Å². The van der Waals surface area contributed by atoms with E-state index in [1.807, 2.05) is 0 Å². The smallest absolute Gasteiger partial charge is 0.241 e. The summed E-state index contributed by atoms with van der Waals surface area (Å²) < 4.78 is 25.8. The summed E-state index contributed by atoms with van der Waals surface area (Å²) in [5.74, 6) is -1.82. The van der Waals surface area contributed by atoms with Crippen LogP contribution in [0.1, 0.15) is 13.8 Å². The molecule has 0 aliphatic rings. The normalized spacial score (nSPS) is 13.6. The summed E-state index contributed by atoms with van der Waals surface area (Å²) in [6.07, 6.45) is 0. The van der Waals surface area contributed by atoms with E-state index in [0.29, 0.717) is 0 Å². The van der Waals surface area contributed by atoms with Crippen molar-refractivity contribution < 1.29 is 18.3 Å². The van der Waals surface area contributed by atoms with Crippen LogP contribution in [0.5, 0.6) is 0 Å². The van der Waals surface area contributed by atoms with Gasteiger partial charge in [0.25, 0.3) is 0 Å². The number of hydrogen-bond donors (Lipinski definition) is 1. The van der Waals surface area contributed by atoms with Crippen LogP contribution in [0.25, 0.3) is 0 Å². The van der Waals surface area contributed by atoms with Gasteiger partial charge in [0, 0.05) is 0 Å². The van der Waals surface area contributed by atoms with E-state index in [4.69, 9.17) is 0 Å². The van der Waals surface area contributed by atoms with Gasteiger partial charge in [-0.3, -0.25) is 0 Å². The average molecular weight is 256 g/mol. The molecule has 0 saturated carbocycles. The molecular formula is C11H14NO4S-. The fourth-order valence-corrected chi connectivity index (χ4v) is 2.65. The first-order chi connectivity index (χ1) is 7.84. The van der Waals surface area contributed by atoms with Gasteiger partial charge < -0.3 is 9.90 Å². The lowest BCUT2D eigenvalue weighted by atomic mass is 10.1. The molecule has 0 fully saturated rings. The Balaban J connectivity index is 2.97. The summed E-state index contributed by atoms with van der Waals surface area (Å²) in [7, 11) is -3.82. The summed E-state index contributed by atoms with van der Waals surface area (Å²) in [5.41, 5.74) is 0. The second-order valence-electron chi connectivity index (χ2n) is 3.98. The number of carboxylic acids is 1. The number of aliphatic carboxylic acids is 1. The van der Waals surface area contributed by atoms with Crippen LogP contribution in [0.15, 0.2) is 35.2 Å². The third-order valence-electron chi connectivity index (χ3n) is 2.26. The van der Waals surface area contributed by atoms with Crippen molar-refractivity contribution in [2.24, 2.45) is 5.92 Å². The Labute approximate surface area is 101 Å². The maximum absolute atomic E-state index is 11.8. The van der Waals surface area contributed by atoms with Gasteiger partial charge in [-0.25, -0.2) is 13.1 Å². The fourth-order valence-electron chi connectivity index (χ4n) is 1.29. The predicted molar refractivity (Wildman–Crippen MR) is 60.4 cm³/mol. The van der Waals surface area contributed by atoms with E-state index in [-0.39, 0.29) is 4.90 Å². The van der Waals surface area contributed by atoms with Crippen LogP contribution < -0.4 is 9.83 Å². The van der Waals surface area contributed by atoms with E-state index in [9.17, 15) is 18.3 Å². The Kier molecular flexibility index (Phi) is 4.25. The van der Waals surface area contributed by atoms with E-state index in [1.165, 1.54) is 12.1 Å². The number of carboxylic acid groups (broad SMARTS) is 1. The molecule has 0 bridgehead atoms. The molecule has 0 aromatic heterocycles. The SMILES string of the molecule is CC(C)[C@@H](NS(=O)(=O)c1ccccc1)C(=O)[O-]. The van der Waals surface area contributed by atoms with E-state index < -0.39 is 28.0 Å². The Bertz CT molecular complexity index is 481. The summed E-state index contributed by atoms with van der Waals surface area (Å²) in [6, 6.07) is 6.37. The fraction of sp³-hybridized carbons (Fsp3) is 0.364. The van der Waals surface area contributed by atoms with E-state index >= 15 is 0 Å². The topological polar surface area (TPSA) is 86.3 Å². The lowest BCUT2D eigenvalue weighted by Crippen LogP contribution is -2.50. The molecule has 0 aliphatic carbocycles. The largest absolute Gasteiger partial charge is 0.548 e. The van der Waals surface area contributed by atoms with E-state index in [1.54, 1.807) is 32.0 Å². The van der Waals surface area contributed by atoms with Gasteiger partial charge in [-0.05, 0) is 18.1 Å². The molecule has 94 valence electrons. The van der Waals surface area contributed by atoms with Crippen LogP contribution in [0.3, 0.4) is 0 Å². The van der Waals surface area contributed by atoms with Crippen molar-refractivity contribution >= 4 is 16.0 Å². The second kappa shape index (κ2) is 5.29. The minimum absolute atomic E-state index is 0.0342. The van der Waals surface area contributed by atoms with Gasteiger partial charge in [0.05, 0.1) is 16.9 Å².